The highest BCUT2D eigenvalue weighted by atomic mass is 32.1. The standard InChI is InChI=1S/C23H16S/c1-15-6-4-10-19-17(15)8-5-9-18(19)16-12-13-23-21(14-16)20-7-2-3-11-22(20)24-23/h2-14H,1H3. The molecule has 0 aliphatic heterocycles. The van der Waals surface area contributed by atoms with Crippen LogP contribution in [0.25, 0.3) is 42.1 Å². The van der Waals surface area contributed by atoms with Crippen molar-refractivity contribution in [1.29, 1.82) is 0 Å². The number of benzene rings is 4. The molecule has 1 aromatic heterocycles. The fourth-order valence-corrected chi connectivity index (χ4v) is 4.70. The summed E-state index contributed by atoms with van der Waals surface area (Å²) in [5, 5.41) is 5.38. The Hall–Kier alpha value is -2.64. The predicted molar refractivity (Wildman–Crippen MR) is 107 cm³/mol. The fourth-order valence-electron chi connectivity index (χ4n) is 3.61. The van der Waals surface area contributed by atoms with Crippen LogP contribution in [0.4, 0.5) is 0 Å². The Balaban J connectivity index is 1.84. The molecule has 0 radical (unpaired) electrons. The van der Waals surface area contributed by atoms with Crippen molar-refractivity contribution in [2.24, 2.45) is 0 Å². The van der Waals surface area contributed by atoms with Gasteiger partial charge in [-0.05, 0) is 52.6 Å². The third-order valence-corrected chi connectivity index (χ3v) is 5.98. The van der Waals surface area contributed by atoms with E-state index in [1.165, 1.54) is 47.6 Å². The Morgan fingerprint density at radius 2 is 1.33 bits per heavy atom. The summed E-state index contributed by atoms with van der Waals surface area (Å²) in [6.45, 7) is 2.18. The minimum absolute atomic E-state index is 1.29. The average Bonchev–Trinajstić information content (AvgIpc) is 2.99. The summed E-state index contributed by atoms with van der Waals surface area (Å²) >= 11 is 1.87. The van der Waals surface area contributed by atoms with E-state index in [9.17, 15) is 0 Å². The van der Waals surface area contributed by atoms with Crippen LogP contribution < -0.4 is 0 Å². The van der Waals surface area contributed by atoms with Gasteiger partial charge in [0.2, 0.25) is 0 Å². The van der Waals surface area contributed by atoms with Crippen LogP contribution >= 0.6 is 11.3 Å². The van der Waals surface area contributed by atoms with Gasteiger partial charge in [0.15, 0.2) is 0 Å². The molecule has 5 rings (SSSR count). The van der Waals surface area contributed by atoms with Gasteiger partial charge >= 0.3 is 0 Å². The molecule has 0 atom stereocenters. The van der Waals surface area contributed by atoms with Gasteiger partial charge in [-0.25, -0.2) is 0 Å². The number of hydrogen-bond donors (Lipinski definition) is 0. The topological polar surface area (TPSA) is 0 Å². The van der Waals surface area contributed by atoms with E-state index in [-0.39, 0.29) is 0 Å². The first-order chi connectivity index (χ1) is 11.8. The molecule has 0 nitrogen and oxygen atoms in total. The molecule has 0 spiro atoms. The zero-order valence-electron chi connectivity index (χ0n) is 13.4. The molecule has 5 aromatic rings. The van der Waals surface area contributed by atoms with Gasteiger partial charge in [0, 0.05) is 20.2 Å². The second kappa shape index (κ2) is 5.19. The van der Waals surface area contributed by atoms with Crippen LogP contribution in [0.3, 0.4) is 0 Å². The van der Waals surface area contributed by atoms with Gasteiger partial charge in [-0.3, -0.25) is 0 Å². The van der Waals surface area contributed by atoms with Crippen LogP contribution in [0.15, 0.2) is 78.9 Å². The molecule has 1 heterocycles. The lowest BCUT2D eigenvalue weighted by molar-refractivity contribution is 1.53. The molecule has 0 aliphatic carbocycles. The van der Waals surface area contributed by atoms with Crippen molar-refractivity contribution in [3.05, 3.63) is 84.4 Å². The maximum atomic E-state index is 2.35. The minimum Gasteiger partial charge on any atom is -0.135 e. The molecule has 0 amide bonds. The number of fused-ring (bicyclic) bond motifs is 4. The molecule has 0 bridgehead atoms. The number of rotatable bonds is 1. The second-order valence-electron chi connectivity index (χ2n) is 6.28. The molecule has 114 valence electrons. The van der Waals surface area contributed by atoms with Crippen LogP contribution in [0.1, 0.15) is 5.56 Å². The molecule has 0 fully saturated rings. The van der Waals surface area contributed by atoms with Crippen molar-refractivity contribution in [2.75, 3.05) is 0 Å². The molecule has 0 saturated heterocycles. The molecule has 0 aliphatic rings. The highest BCUT2D eigenvalue weighted by Crippen LogP contribution is 2.38. The zero-order valence-corrected chi connectivity index (χ0v) is 14.2. The number of hydrogen-bond acceptors (Lipinski definition) is 1. The molecule has 0 N–H and O–H groups in total. The number of aryl methyl sites for hydroxylation is 1. The van der Waals surface area contributed by atoms with Gasteiger partial charge in [-0.1, -0.05) is 60.7 Å². The predicted octanol–water partition coefficient (Wildman–Crippen LogP) is 7.18. The van der Waals surface area contributed by atoms with Gasteiger partial charge in [0.25, 0.3) is 0 Å². The molecular weight excluding hydrogens is 308 g/mol. The van der Waals surface area contributed by atoms with Crippen LogP contribution in [-0.4, -0.2) is 0 Å². The van der Waals surface area contributed by atoms with E-state index in [1.807, 2.05) is 11.3 Å². The summed E-state index contributed by atoms with van der Waals surface area (Å²) in [5.41, 5.74) is 3.94. The SMILES string of the molecule is Cc1cccc2c(-c3ccc4sc5ccccc5c4c3)cccc12. The van der Waals surface area contributed by atoms with Gasteiger partial charge in [0.1, 0.15) is 0 Å². The van der Waals surface area contributed by atoms with Gasteiger partial charge in [-0.15, -0.1) is 11.3 Å². The van der Waals surface area contributed by atoms with Crippen molar-refractivity contribution >= 4 is 42.3 Å². The average molecular weight is 324 g/mol. The van der Waals surface area contributed by atoms with Gasteiger partial charge < -0.3 is 0 Å². The van der Waals surface area contributed by atoms with Crippen molar-refractivity contribution < 1.29 is 0 Å². The Morgan fingerprint density at radius 3 is 2.29 bits per heavy atom. The fraction of sp³-hybridized carbons (Fsp3) is 0.0435. The summed E-state index contributed by atoms with van der Waals surface area (Å²) in [7, 11) is 0. The third-order valence-electron chi connectivity index (χ3n) is 4.83. The van der Waals surface area contributed by atoms with Crippen LogP contribution in [-0.2, 0) is 0 Å². The normalized spacial score (nSPS) is 11.5. The molecule has 0 saturated carbocycles. The van der Waals surface area contributed by atoms with Gasteiger partial charge in [-0.2, -0.15) is 0 Å². The molecule has 1 heteroatoms. The van der Waals surface area contributed by atoms with Gasteiger partial charge in [0.05, 0.1) is 0 Å². The van der Waals surface area contributed by atoms with E-state index in [0.717, 1.165) is 0 Å². The minimum atomic E-state index is 1.29. The highest BCUT2D eigenvalue weighted by molar-refractivity contribution is 7.25. The molecular formula is C23H16S. The summed E-state index contributed by atoms with van der Waals surface area (Å²) in [5.74, 6) is 0. The third kappa shape index (κ3) is 1.98. The van der Waals surface area contributed by atoms with Crippen LogP contribution in [0, 0.1) is 6.92 Å². The van der Waals surface area contributed by atoms with Crippen LogP contribution in [0.2, 0.25) is 0 Å². The summed E-state index contributed by atoms with van der Waals surface area (Å²) < 4.78 is 2.72. The Morgan fingerprint density at radius 1 is 0.583 bits per heavy atom. The van der Waals surface area contributed by atoms with Crippen molar-refractivity contribution in [2.45, 2.75) is 6.92 Å². The Kier molecular flexibility index (Phi) is 2.97. The lowest BCUT2D eigenvalue weighted by Crippen LogP contribution is -1.83. The van der Waals surface area contributed by atoms with Crippen molar-refractivity contribution in [3.8, 4) is 11.1 Å². The van der Waals surface area contributed by atoms with E-state index in [2.05, 4.69) is 85.8 Å². The molecule has 4 aromatic carbocycles. The van der Waals surface area contributed by atoms with Crippen molar-refractivity contribution in [1.82, 2.24) is 0 Å². The first-order valence-electron chi connectivity index (χ1n) is 8.21. The number of thiophene rings is 1. The lowest BCUT2D eigenvalue weighted by Gasteiger charge is -2.09. The van der Waals surface area contributed by atoms with E-state index < -0.39 is 0 Å². The van der Waals surface area contributed by atoms with E-state index in [0.29, 0.717) is 0 Å². The monoisotopic (exact) mass is 324 g/mol. The summed E-state index contributed by atoms with van der Waals surface area (Å²) in [4.78, 5) is 0. The second-order valence-corrected chi connectivity index (χ2v) is 7.37. The van der Waals surface area contributed by atoms with Crippen LogP contribution in [0.5, 0.6) is 0 Å². The maximum absolute atomic E-state index is 2.35. The van der Waals surface area contributed by atoms with Crippen molar-refractivity contribution in [3.63, 3.8) is 0 Å². The summed E-state index contributed by atoms with van der Waals surface area (Å²) in [6, 6.07) is 28.7. The Labute approximate surface area is 145 Å². The first kappa shape index (κ1) is 13.8. The first-order valence-corrected chi connectivity index (χ1v) is 9.03. The van der Waals surface area contributed by atoms with E-state index in [4.69, 9.17) is 0 Å². The smallest absolute Gasteiger partial charge is 0.0355 e. The quantitative estimate of drug-likeness (QED) is 0.306. The summed E-state index contributed by atoms with van der Waals surface area (Å²) in [6.07, 6.45) is 0. The molecule has 0 unspecified atom stereocenters. The highest BCUT2D eigenvalue weighted by Gasteiger charge is 2.09. The van der Waals surface area contributed by atoms with E-state index in [1.54, 1.807) is 0 Å². The Bertz CT molecular complexity index is 1210. The zero-order chi connectivity index (χ0) is 16.1. The largest absolute Gasteiger partial charge is 0.135 e. The maximum Gasteiger partial charge on any atom is 0.0355 e. The lowest BCUT2D eigenvalue weighted by atomic mass is 9.95. The van der Waals surface area contributed by atoms with E-state index >= 15 is 0 Å². The molecule has 24 heavy (non-hydrogen) atoms.